The smallest absolute Gasteiger partial charge is 0.125 e. The van der Waals surface area contributed by atoms with E-state index in [-0.39, 0.29) is 5.82 Å². The number of halogens is 2. The van der Waals surface area contributed by atoms with Crippen molar-refractivity contribution >= 4 is 17.3 Å². The summed E-state index contributed by atoms with van der Waals surface area (Å²) in [6, 6.07) is 14.2. The van der Waals surface area contributed by atoms with Gasteiger partial charge in [0, 0.05) is 12.1 Å². The van der Waals surface area contributed by atoms with Gasteiger partial charge in [0.15, 0.2) is 0 Å². The molecule has 3 aromatic rings. The maximum absolute atomic E-state index is 13.2. The summed E-state index contributed by atoms with van der Waals surface area (Å²) < 4.78 is 13.2. The molecule has 5 heteroatoms. The van der Waals surface area contributed by atoms with Crippen LogP contribution in [0.4, 0.5) is 10.1 Å². The van der Waals surface area contributed by atoms with Gasteiger partial charge in [0.25, 0.3) is 0 Å². The quantitative estimate of drug-likeness (QED) is 0.746. The minimum Gasteiger partial charge on any atom is -0.380 e. The van der Waals surface area contributed by atoms with Crippen LogP contribution in [-0.2, 0) is 6.54 Å². The first-order valence-electron chi connectivity index (χ1n) is 6.50. The molecule has 2 aromatic carbocycles. The van der Waals surface area contributed by atoms with Crippen molar-refractivity contribution in [1.82, 2.24) is 10.2 Å². The molecule has 0 bridgehead atoms. The molecule has 21 heavy (non-hydrogen) atoms. The molecule has 0 amide bonds. The van der Waals surface area contributed by atoms with E-state index >= 15 is 0 Å². The van der Waals surface area contributed by atoms with E-state index in [1.54, 1.807) is 6.20 Å². The minimum absolute atomic E-state index is 0.322. The maximum atomic E-state index is 13.2. The molecular formula is C16H13ClFN3. The number of aromatic amines is 1. The van der Waals surface area contributed by atoms with E-state index in [0.29, 0.717) is 17.3 Å². The fourth-order valence-corrected chi connectivity index (χ4v) is 2.31. The summed E-state index contributed by atoms with van der Waals surface area (Å²) in [4.78, 5) is 0. The van der Waals surface area contributed by atoms with Gasteiger partial charge in [-0.25, -0.2) is 4.39 Å². The van der Waals surface area contributed by atoms with E-state index in [4.69, 9.17) is 11.6 Å². The van der Waals surface area contributed by atoms with Crippen LogP contribution in [0, 0.1) is 5.82 Å². The molecule has 0 saturated carbocycles. The summed E-state index contributed by atoms with van der Waals surface area (Å²) in [5.74, 6) is -0.322. The van der Waals surface area contributed by atoms with Crippen LogP contribution in [0.25, 0.3) is 11.3 Å². The number of H-pyrrole nitrogens is 1. The first-order chi connectivity index (χ1) is 10.2. The standard InChI is InChI=1S/C16H13ClFN3/c17-14-7-6-13(18)8-15(14)19-9-12-10-20-21-16(12)11-4-2-1-3-5-11/h1-8,10,19H,9H2,(H,20,21). The normalized spacial score (nSPS) is 10.6. The fraction of sp³-hybridized carbons (Fsp3) is 0.0625. The van der Waals surface area contributed by atoms with E-state index in [0.717, 1.165) is 16.8 Å². The summed E-state index contributed by atoms with van der Waals surface area (Å²) >= 11 is 6.04. The Hall–Kier alpha value is -2.33. The van der Waals surface area contributed by atoms with Crippen molar-refractivity contribution in [3.63, 3.8) is 0 Å². The number of nitrogens with one attached hydrogen (secondary N) is 2. The van der Waals surface area contributed by atoms with Crippen LogP contribution in [0.5, 0.6) is 0 Å². The Morgan fingerprint density at radius 2 is 1.95 bits per heavy atom. The van der Waals surface area contributed by atoms with Crippen molar-refractivity contribution in [3.05, 3.63) is 71.1 Å². The Bertz CT molecular complexity index is 740. The number of anilines is 1. The predicted octanol–water partition coefficient (Wildman–Crippen LogP) is 4.48. The first kappa shape index (κ1) is 13.6. The molecule has 2 N–H and O–H groups in total. The highest BCUT2D eigenvalue weighted by Gasteiger charge is 2.08. The van der Waals surface area contributed by atoms with E-state index in [1.165, 1.54) is 18.2 Å². The molecule has 0 unspecified atom stereocenters. The molecule has 0 saturated heterocycles. The molecule has 0 spiro atoms. The zero-order chi connectivity index (χ0) is 14.7. The lowest BCUT2D eigenvalue weighted by atomic mass is 10.1. The topological polar surface area (TPSA) is 40.7 Å². The average molecular weight is 302 g/mol. The Balaban J connectivity index is 1.81. The second-order valence-electron chi connectivity index (χ2n) is 4.61. The van der Waals surface area contributed by atoms with E-state index in [9.17, 15) is 4.39 Å². The van der Waals surface area contributed by atoms with E-state index in [2.05, 4.69) is 15.5 Å². The Labute approximate surface area is 126 Å². The van der Waals surface area contributed by atoms with Crippen molar-refractivity contribution in [2.75, 3.05) is 5.32 Å². The molecule has 3 nitrogen and oxygen atoms in total. The highest BCUT2D eigenvalue weighted by Crippen LogP contribution is 2.25. The Morgan fingerprint density at radius 1 is 1.14 bits per heavy atom. The molecule has 0 aliphatic rings. The highest BCUT2D eigenvalue weighted by molar-refractivity contribution is 6.33. The van der Waals surface area contributed by atoms with E-state index < -0.39 is 0 Å². The number of aromatic nitrogens is 2. The molecule has 0 aliphatic carbocycles. The Morgan fingerprint density at radius 3 is 2.76 bits per heavy atom. The Kier molecular flexibility index (Phi) is 3.88. The van der Waals surface area contributed by atoms with Crippen LogP contribution < -0.4 is 5.32 Å². The zero-order valence-corrected chi connectivity index (χ0v) is 11.9. The van der Waals surface area contributed by atoms with Gasteiger partial charge in [0.1, 0.15) is 5.82 Å². The number of nitrogens with zero attached hydrogens (tertiary/aromatic N) is 1. The van der Waals surface area contributed by atoms with Gasteiger partial charge >= 0.3 is 0 Å². The summed E-state index contributed by atoms with van der Waals surface area (Å²) in [5.41, 5.74) is 3.55. The van der Waals surface area contributed by atoms with E-state index in [1.807, 2.05) is 30.3 Å². The predicted molar refractivity (Wildman–Crippen MR) is 82.8 cm³/mol. The lowest BCUT2D eigenvalue weighted by Crippen LogP contribution is -2.01. The van der Waals surface area contributed by atoms with Gasteiger partial charge in [-0.2, -0.15) is 5.10 Å². The van der Waals surface area contributed by atoms with Crippen LogP contribution in [0.1, 0.15) is 5.56 Å². The number of benzene rings is 2. The molecule has 3 rings (SSSR count). The third-order valence-corrected chi connectivity index (χ3v) is 3.51. The van der Waals surface area contributed by atoms with Crippen molar-refractivity contribution in [2.45, 2.75) is 6.54 Å². The average Bonchev–Trinajstić information content (AvgIpc) is 2.97. The van der Waals surface area contributed by atoms with Gasteiger partial charge in [-0.3, -0.25) is 5.10 Å². The monoisotopic (exact) mass is 301 g/mol. The molecule has 0 fully saturated rings. The zero-order valence-electron chi connectivity index (χ0n) is 11.1. The van der Waals surface area contributed by atoms with Gasteiger partial charge in [-0.15, -0.1) is 0 Å². The molecular weight excluding hydrogens is 289 g/mol. The van der Waals surface area contributed by atoms with Crippen LogP contribution in [0.15, 0.2) is 54.7 Å². The maximum Gasteiger partial charge on any atom is 0.125 e. The molecule has 106 valence electrons. The van der Waals surface area contributed by atoms with Gasteiger partial charge in [-0.05, 0) is 23.8 Å². The van der Waals surface area contributed by atoms with Crippen molar-refractivity contribution in [3.8, 4) is 11.3 Å². The molecule has 0 aliphatic heterocycles. The molecule has 0 radical (unpaired) electrons. The van der Waals surface area contributed by atoms with Gasteiger partial charge in [0.05, 0.1) is 22.6 Å². The fourth-order valence-electron chi connectivity index (χ4n) is 2.12. The van der Waals surface area contributed by atoms with Crippen molar-refractivity contribution < 1.29 is 4.39 Å². The molecule has 0 atom stereocenters. The lowest BCUT2D eigenvalue weighted by molar-refractivity contribution is 0.628. The lowest BCUT2D eigenvalue weighted by Gasteiger charge is -2.09. The van der Waals surface area contributed by atoms with Crippen molar-refractivity contribution in [1.29, 1.82) is 0 Å². The number of hydrogen-bond donors (Lipinski definition) is 2. The second kappa shape index (κ2) is 5.97. The van der Waals surface area contributed by atoms with Gasteiger partial charge in [0.2, 0.25) is 0 Å². The first-order valence-corrected chi connectivity index (χ1v) is 6.88. The largest absolute Gasteiger partial charge is 0.380 e. The summed E-state index contributed by atoms with van der Waals surface area (Å²) in [7, 11) is 0. The highest BCUT2D eigenvalue weighted by atomic mass is 35.5. The number of rotatable bonds is 4. The van der Waals surface area contributed by atoms with Crippen LogP contribution in [0.2, 0.25) is 5.02 Å². The minimum atomic E-state index is -0.322. The van der Waals surface area contributed by atoms with Gasteiger partial charge < -0.3 is 5.32 Å². The van der Waals surface area contributed by atoms with Gasteiger partial charge in [-0.1, -0.05) is 41.9 Å². The van der Waals surface area contributed by atoms with Crippen LogP contribution in [0.3, 0.4) is 0 Å². The van der Waals surface area contributed by atoms with Crippen molar-refractivity contribution in [2.24, 2.45) is 0 Å². The molecule has 1 heterocycles. The molecule has 1 aromatic heterocycles. The third kappa shape index (κ3) is 3.06. The summed E-state index contributed by atoms with van der Waals surface area (Å²) in [6.07, 6.45) is 1.75. The third-order valence-electron chi connectivity index (χ3n) is 3.18. The second-order valence-corrected chi connectivity index (χ2v) is 5.02. The SMILES string of the molecule is Fc1ccc(Cl)c(NCc2cn[nH]c2-c2ccccc2)c1. The van der Waals surface area contributed by atoms with Crippen LogP contribution in [-0.4, -0.2) is 10.2 Å². The summed E-state index contributed by atoms with van der Waals surface area (Å²) in [5, 5.41) is 10.7. The number of hydrogen-bond acceptors (Lipinski definition) is 2. The summed E-state index contributed by atoms with van der Waals surface area (Å²) in [6.45, 7) is 0.504. The van der Waals surface area contributed by atoms with Crippen LogP contribution >= 0.6 is 11.6 Å².